The third-order valence-electron chi connectivity index (χ3n) is 2.95. The van der Waals surface area contributed by atoms with Gasteiger partial charge in [-0.05, 0) is 65.2 Å². The summed E-state index contributed by atoms with van der Waals surface area (Å²) in [5.74, 6) is 0. The SMILES string of the molecule is Cc1cc(NC(CN)c2ccc(Br)s2)cc(C)c1Br. The molecule has 1 heterocycles. The molecule has 0 aliphatic rings. The Balaban J connectivity index is 2.23. The van der Waals surface area contributed by atoms with Gasteiger partial charge in [0, 0.05) is 21.6 Å². The maximum atomic E-state index is 5.89. The molecule has 5 heteroatoms. The topological polar surface area (TPSA) is 38.0 Å². The van der Waals surface area contributed by atoms with Gasteiger partial charge in [0.15, 0.2) is 0 Å². The van der Waals surface area contributed by atoms with Crippen LogP contribution in [0.2, 0.25) is 0 Å². The molecule has 1 unspecified atom stereocenters. The minimum Gasteiger partial charge on any atom is -0.376 e. The van der Waals surface area contributed by atoms with Crippen LogP contribution in [0.4, 0.5) is 5.69 Å². The van der Waals surface area contributed by atoms with Crippen LogP contribution in [0, 0.1) is 13.8 Å². The molecule has 0 saturated carbocycles. The number of anilines is 1. The van der Waals surface area contributed by atoms with Crippen LogP contribution in [0.25, 0.3) is 0 Å². The van der Waals surface area contributed by atoms with Crippen LogP contribution in [-0.2, 0) is 0 Å². The van der Waals surface area contributed by atoms with Gasteiger partial charge < -0.3 is 11.1 Å². The second kappa shape index (κ2) is 6.39. The van der Waals surface area contributed by atoms with E-state index in [1.807, 2.05) is 0 Å². The lowest BCUT2D eigenvalue weighted by molar-refractivity contribution is 0.805. The number of benzene rings is 1. The Bertz CT molecular complexity index is 558. The van der Waals surface area contributed by atoms with E-state index in [2.05, 4.69) is 75.3 Å². The van der Waals surface area contributed by atoms with E-state index in [1.54, 1.807) is 11.3 Å². The predicted octanol–water partition coefficient (Wildman–Crippen LogP) is 5.00. The van der Waals surface area contributed by atoms with E-state index in [0.29, 0.717) is 6.54 Å². The first kappa shape index (κ1) is 15.0. The predicted molar refractivity (Wildman–Crippen MR) is 91.1 cm³/mol. The third kappa shape index (κ3) is 3.60. The molecular weight excluding hydrogens is 388 g/mol. The first-order valence-corrected chi connectivity index (χ1v) is 8.40. The first-order chi connectivity index (χ1) is 9.01. The molecule has 0 amide bonds. The minimum absolute atomic E-state index is 0.149. The summed E-state index contributed by atoms with van der Waals surface area (Å²) in [5.41, 5.74) is 9.45. The lowest BCUT2D eigenvalue weighted by atomic mass is 10.1. The zero-order valence-electron chi connectivity index (χ0n) is 10.8. The van der Waals surface area contributed by atoms with Crippen molar-refractivity contribution in [3.8, 4) is 0 Å². The van der Waals surface area contributed by atoms with Crippen molar-refractivity contribution in [3.63, 3.8) is 0 Å². The van der Waals surface area contributed by atoms with Gasteiger partial charge in [-0.1, -0.05) is 15.9 Å². The number of nitrogens with one attached hydrogen (secondary N) is 1. The fourth-order valence-corrected chi connectivity index (χ4v) is 3.71. The molecule has 102 valence electrons. The number of nitrogens with two attached hydrogens (primary N) is 1. The maximum absolute atomic E-state index is 5.89. The molecule has 1 atom stereocenters. The van der Waals surface area contributed by atoms with Crippen molar-refractivity contribution in [1.82, 2.24) is 0 Å². The monoisotopic (exact) mass is 402 g/mol. The largest absolute Gasteiger partial charge is 0.376 e. The van der Waals surface area contributed by atoms with Gasteiger partial charge in [0.25, 0.3) is 0 Å². The summed E-state index contributed by atoms with van der Waals surface area (Å²) in [4.78, 5) is 1.24. The van der Waals surface area contributed by atoms with Crippen LogP contribution in [-0.4, -0.2) is 6.54 Å². The number of rotatable bonds is 4. The zero-order valence-corrected chi connectivity index (χ0v) is 14.8. The van der Waals surface area contributed by atoms with E-state index < -0.39 is 0 Å². The fourth-order valence-electron chi connectivity index (χ4n) is 1.99. The number of halogens is 2. The molecule has 0 saturated heterocycles. The van der Waals surface area contributed by atoms with E-state index >= 15 is 0 Å². The van der Waals surface area contributed by atoms with Gasteiger partial charge in [0.05, 0.1) is 9.83 Å². The fraction of sp³-hybridized carbons (Fsp3) is 0.286. The maximum Gasteiger partial charge on any atom is 0.0729 e. The first-order valence-electron chi connectivity index (χ1n) is 6.00. The molecule has 0 aliphatic carbocycles. The minimum atomic E-state index is 0.149. The highest BCUT2D eigenvalue weighted by atomic mass is 79.9. The zero-order chi connectivity index (χ0) is 14.0. The van der Waals surface area contributed by atoms with Gasteiger partial charge in [-0.2, -0.15) is 0 Å². The highest BCUT2D eigenvalue weighted by molar-refractivity contribution is 9.11. The molecular formula is C14H16Br2N2S. The van der Waals surface area contributed by atoms with Crippen LogP contribution in [0.3, 0.4) is 0 Å². The summed E-state index contributed by atoms with van der Waals surface area (Å²) in [6.45, 7) is 4.77. The molecule has 1 aromatic carbocycles. The van der Waals surface area contributed by atoms with Gasteiger partial charge in [-0.25, -0.2) is 0 Å². The Kier molecular flexibility index (Phi) is 5.06. The second-order valence-electron chi connectivity index (χ2n) is 4.50. The molecule has 0 spiro atoms. The lowest BCUT2D eigenvalue weighted by Crippen LogP contribution is -2.19. The summed E-state index contributed by atoms with van der Waals surface area (Å²) in [6, 6.07) is 8.60. The molecule has 0 radical (unpaired) electrons. The van der Waals surface area contributed by atoms with E-state index in [9.17, 15) is 0 Å². The van der Waals surface area contributed by atoms with Crippen LogP contribution in [0.1, 0.15) is 22.0 Å². The molecule has 2 rings (SSSR count). The van der Waals surface area contributed by atoms with Crippen molar-refractivity contribution in [1.29, 1.82) is 0 Å². The Morgan fingerprint density at radius 2 is 1.84 bits per heavy atom. The van der Waals surface area contributed by atoms with Crippen molar-refractivity contribution < 1.29 is 0 Å². The van der Waals surface area contributed by atoms with Gasteiger partial charge >= 0.3 is 0 Å². The lowest BCUT2D eigenvalue weighted by Gasteiger charge is -2.18. The van der Waals surface area contributed by atoms with Crippen molar-refractivity contribution in [2.75, 3.05) is 11.9 Å². The summed E-state index contributed by atoms with van der Waals surface area (Å²) >= 11 is 8.80. The van der Waals surface area contributed by atoms with E-state index in [0.717, 1.165) is 9.47 Å². The third-order valence-corrected chi connectivity index (χ3v) is 5.94. The van der Waals surface area contributed by atoms with Gasteiger partial charge in [0.2, 0.25) is 0 Å². The average molecular weight is 404 g/mol. The van der Waals surface area contributed by atoms with Gasteiger partial charge in [0.1, 0.15) is 0 Å². The van der Waals surface area contributed by atoms with Crippen molar-refractivity contribution in [3.05, 3.63) is 48.5 Å². The standard InChI is InChI=1S/C14H16Br2N2S/c1-8-5-10(6-9(2)14(8)16)18-11(7-17)12-3-4-13(15)19-12/h3-6,11,18H,7,17H2,1-2H3. The number of hydrogen-bond acceptors (Lipinski definition) is 3. The molecule has 0 fully saturated rings. The van der Waals surface area contributed by atoms with Crippen LogP contribution < -0.4 is 11.1 Å². The Morgan fingerprint density at radius 1 is 1.21 bits per heavy atom. The smallest absolute Gasteiger partial charge is 0.0729 e. The highest BCUT2D eigenvalue weighted by Gasteiger charge is 2.12. The average Bonchev–Trinajstić information content (AvgIpc) is 2.79. The molecule has 1 aromatic heterocycles. The number of thiophene rings is 1. The Hall–Kier alpha value is -0.360. The molecule has 2 aromatic rings. The van der Waals surface area contributed by atoms with Crippen molar-refractivity contribution in [2.24, 2.45) is 5.73 Å². The Labute approximate surface area is 134 Å². The van der Waals surface area contributed by atoms with E-state index in [-0.39, 0.29) is 6.04 Å². The summed E-state index contributed by atoms with van der Waals surface area (Å²) in [6.07, 6.45) is 0. The molecule has 0 bridgehead atoms. The van der Waals surface area contributed by atoms with E-state index in [4.69, 9.17) is 5.73 Å². The highest BCUT2D eigenvalue weighted by Crippen LogP contribution is 2.31. The summed E-state index contributed by atoms with van der Waals surface area (Å²) in [5, 5.41) is 3.51. The summed E-state index contributed by atoms with van der Waals surface area (Å²) < 4.78 is 2.30. The molecule has 2 nitrogen and oxygen atoms in total. The summed E-state index contributed by atoms with van der Waals surface area (Å²) in [7, 11) is 0. The molecule has 19 heavy (non-hydrogen) atoms. The molecule has 3 N–H and O–H groups in total. The van der Waals surface area contributed by atoms with Crippen molar-refractivity contribution >= 4 is 48.9 Å². The number of hydrogen-bond donors (Lipinski definition) is 2. The van der Waals surface area contributed by atoms with Crippen LogP contribution >= 0.6 is 43.2 Å². The quantitative estimate of drug-likeness (QED) is 0.753. The van der Waals surface area contributed by atoms with Gasteiger partial charge in [-0.3, -0.25) is 0 Å². The van der Waals surface area contributed by atoms with E-state index in [1.165, 1.54) is 20.5 Å². The normalized spacial score (nSPS) is 12.5. The second-order valence-corrected chi connectivity index (χ2v) is 7.79. The molecule has 0 aliphatic heterocycles. The van der Waals surface area contributed by atoms with Gasteiger partial charge in [-0.15, -0.1) is 11.3 Å². The Morgan fingerprint density at radius 3 is 2.32 bits per heavy atom. The van der Waals surface area contributed by atoms with Crippen molar-refractivity contribution in [2.45, 2.75) is 19.9 Å². The number of aryl methyl sites for hydroxylation is 2. The van der Waals surface area contributed by atoms with Crippen LogP contribution in [0.15, 0.2) is 32.5 Å². The van der Waals surface area contributed by atoms with Crippen LogP contribution in [0.5, 0.6) is 0 Å².